The van der Waals surface area contributed by atoms with Gasteiger partial charge in [-0.1, -0.05) is 11.3 Å². The van der Waals surface area contributed by atoms with Crippen molar-refractivity contribution >= 4 is 34.4 Å². The Hall–Kier alpha value is -3.15. The maximum Gasteiger partial charge on any atom is 0.286 e. The van der Waals surface area contributed by atoms with Gasteiger partial charge in [0, 0.05) is 57.2 Å². The van der Waals surface area contributed by atoms with Gasteiger partial charge in [-0.05, 0) is 18.2 Å². The topological polar surface area (TPSA) is 108 Å². The van der Waals surface area contributed by atoms with Gasteiger partial charge in [0.15, 0.2) is 0 Å². The minimum absolute atomic E-state index is 0.295. The smallest absolute Gasteiger partial charge is 0.286 e. The summed E-state index contributed by atoms with van der Waals surface area (Å²) < 4.78 is 5.39. The van der Waals surface area contributed by atoms with E-state index >= 15 is 0 Å². The number of ether oxygens (including phenoxy) is 1. The molecule has 0 bridgehead atoms. The molecule has 32 heavy (non-hydrogen) atoms. The first-order chi connectivity index (χ1) is 15.8. The molecule has 2 saturated heterocycles. The summed E-state index contributed by atoms with van der Waals surface area (Å²) in [5.74, 6) is 0.618. The first kappa shape index (κ1) is 20.7. The quantitative estimate of drug-likeness (QED) is 0.595. The highest BCUT2D eigenvalue weighted by atomic mass is 32.1. The molecule has 1 amide bonds. The van der Waals surface area contributed by atoms with E-state index in [1.165, 1.54) is 11.3 Å². The molecule has 3 aromatic rings. The Labute approximate surface area is 189 Å². The van der Waals surface area contributed by atoms with E-state index < -0.39 is 0 Å². The van der Waals surface area contributed by atoms with Crippen molar-refractivity contribution in [1.82, 2.24) is 25.5 Å². The van der Waals surface area contributed by atoms with Gasteiger partial charge in [0.25, 0.3) is 5.91 Å². The highest BCUT2D eigenvalue weighted by molar-refractivity contribution is 7.16. The molecule has 0 aromatic carbocycles. The van der Waals surface area contributed by atoms with E-state index in [0.717, 1.165) is 56.3 Å². The lowest BCUT2D eigenvalue weighted by Gasteiger charge is -2.30. The van der Waals surface area contributed by atoms with Crippen LogP contribution in [0.15, 0.2) is 36.8 Å². The number of rotatable bonds is 5. The van der Waals surface area contributed by atoms with Gasteiger partial charge < -0.3 is 25.2 Å². The lowest BCUT2D eigenvalue weighted by atomic mass is 10.2. The van der Waals surface area contributed by atoms with Crippen molar-refractivity contribution in [3.05, 3.63) is 41.8 Å². The summed E-state index contributed by atoms with van der Waals surface area (Å²) in [6.07, 6.45) is 5.19. The van der Waals surface area contributed by atoms with Crippen LogP contribution in [0.4, 0.5) is 17.2 Å². The molecule has 0 aliphatic carbocycles. The van der Waals surface area contributed by atoms with Crippen molar-refractivity contribution < 1.29 is 9.53 Å². The van der Waals surface area contributed by atoms with Gasteiger partial charge in [-0.15, -0.1) is 10.2 Å². The standard InChI is InChI=1S/C21H24N8O2S/c30-19(25-16-14-23-4-3-17(16)28-7-5-22-6-8-28)21-27-26-20(32-21)15-1-2-18(24-13-15)29-9-11-31-12-10-29/h1-4,13-14,22H,5-12H2,(H,25,30). The van der Waals surface area contributed by atoms with E-state index in [0.29, 0.717) is 28.9 Å². The Morgan fingerprint density at radius 1 is 1.03 bits per heavy atom. The number of carbonyl (C=O) groups is 1. The molecule has 5 heterocycles. The minimum Gasteiger partial charge on any atom is -0.378 e. The monoisotopic (exact) mass is 452 g/mol. The summed E-state index contributed by atoms with van der Waals surface area (Å²) in [6, 6.07) is 5.86. The third kappa shape index (κ3) is 4.54. The zero-order valence-electron chi connectivity index (χ0n) is 17.5. The van der Waals surface area contributed by atoms with Gasteiger partial charge in [-0.3, -0.25) is 9.78 Å². The predicted molar refractivity (Wildman–Crippen MR) is 123 cm³/mol. The van der Waals surface area contributed by atoms with Gasteiger partial charge in [-0.25, -0.2) is 4.98 Å². The molecule has 2 fully saturated rings. The van der Waals surface area contributed by atoms with Crippen molar-refractivity contribution in [3.8, 4) is 10.6 Å². The fourth-order valence-electron chi connectivity index (χ4n) is 3.76. The van der Waals surface area contributed by atoms with E-state index in [4.69, 9.17) is 4.74 Å². The molecule has 2 aliphatic heterocycles. The lowest BCUT2D eigenvalue weighted by Crippen LogP contribution is -2.43. The summed E-state index contributed by atoms with van der Waals surface area (Å²) in [6.45, 7) is 6.67. The average molecular weight is 453 g/mol. The van der Waals surface area contributed by atoms with Crippen molar-refractivity contribution in [2.24, 2.45) is 0 Å². The third-order valence-corrected chi connectivity index (χ3v) is 6.42. The van der Waals surface area contributed by atoms with Crippen molar-refractivity contribution in [1.29, 1.82) is 0 Å². The maximum absolute atomic E-state index is 12.9. The molecule has 0 unspecified atom stereocenters. The largest absolute Gasteiger partial charge is 0.378 e. The van der Waals surface area contributed by atoms with Gasteiger partial charge in [0.05, 0.1) is 30.8 Å². The number of nitrogens with one attached hydrogen (secondary N) is 2. The molecule has 0 radical (unpaired) electrons. The first-order valence-electron chi connectivity index (χ1n) is 10.6. The van der Waals surface area contributed by atoms with E-state index in [1.54, 1.807) is 18.6 Å². The molecule has 5 rings (SSSR count). The van der Waals surface area contributed by atoms with E-state index in [2.05, 4.69) is 40.6 Å². The molecular formula is C21H24N8O2S. The predicted octanol–water partition coefficient (Wildman–Crippen LogP) is 1.49. The van der Waals surface area contributed by atoms with Crippen LogP contribution in [0.5, 0.6) is 0 Å². The minimum atomic E-state index is -0.295. The Morgan fingerprint density at radius 3 is 2.66 bits per heavy atom. The number of carbonyl (C=O) groups excluding carboxylic acids is 1. The normalized spacial score (nSPS) is 16.8. The summed E-state index contributed by atoms with van der Waals surface area (Å²) in [4.78, 5) is 26.0. The zero-order valence-corrected chi connectivity index (χ0v) is 18.3. The van der Waals surface area contributed by atoms with Crippen LogP contribution in [0, 0.1) is 0 Å². The Kier molecular flexibility index (Phi) is 6.19. The van der Waals surface area contributed by atoms with Crippen molar-refractivity contribution in [3.63, 3.8) is 0 Å². The molecule has 0 saturated carbocycles. The molecule has 0 atom stereocenters. The van der Waals surface area contributed by atoms with Crippen LogP contribution in [0.3, 0.4) is 0 Å². The number of piperazine rings is 1. The molecule has 10 nitrogen and oxygen atoms in total. The van der Waals surface area contributed by atoms with Crippen LogP contribution in [0.25, 0.3) is 10.6 Å². The third-order valence-electron chi connectivity index (χ3n) is 5.45. The van der Waals surface area contributed by atoms with Crippen LogP contribution in [0.1, 0.15) is 9.80 Å². The van der Waals surface area contributed by atoms with Crippen LogP contribution in [-0.4, -0.2) is 78.6 Å². The van der Waals surface area contributed by atoms with Crippen molar-refractivity contribution in [2.75, 3.05) is 67.6 Å². The van der Waals surface area contributed by atoms with E-state index in [9.17, 15) is 4.79 Å². The Morgan fingerprint density at radius 2 is 1.88 bits per heavy atom. The van der Waals surface area contributed by atoms with E-state index in [-0.39, 0.29) is 5.91 Å². The molecular weight excluding hydrogens is 428 g/mol. The number of nitrogens with zero attached hydrogens (tertiary/aromatic N) is 6. The number of amides is 1. The first-order valence-corrected chi connectivity index (χ1v) is 11.4. The molecule has 3 aromatic heterocycles. The summed E-state index contributed by atoms with van der Waals surface area (Å²) in [5, 5.41) is 15.5. The Bertz CT molecular complexity index is 1060. The molecule has 2 aliphatic rings. The number of morpholine rings is 1. The van der Waals surface area contributed by atoms with Crippen LogP contribution in [-0.2, 0) is 4.74 Å². The highest BCUT2D eigenvalue weighted by Gasteiger charge is 2.19. The second kappa shape index (κ2) is 9.55. The number of pyridine rings is 2. The fourth-order valence-corrected chi connectivity index (χ4v) is 4.49. The average Bonchev–Trinajstić information content (AvgIpc) is 3.36. The van der Waals surface area contributed by atoms with Crippen LogP contribution in [0.2, 0.25) is 0 Å². The summed E-state index contributed by atoms with van der Waals surface area (Å²) in [7, 11) is 0. The zero-order chi connectivity index (χ0) is 21.8. The molecule has 2 N–H and O–H groups in total. The number of anilines is 3. The number of hydrogen-bond acceptors (Lipinski definition) is 10. The molecule has 11 heteroatoms. The number of aromatic nitrogens is 4. The van der Waals surface area contributed by atoms with Gasteiger partial charge in [0.2, 0.25) is 5.01 Å². The summed E-state index contributed by atoms with van der Waals surface area (Å²) in [5.41, 5.74) is 2.47. The van der Waals surface area contributed by atoms with Gasteiger partial charge >= 0.3 is 0 Å². The second-order valence-electron chi connectivity index (χ2n) is 7.50. The van der Waals surface area contributed by atoms with Crippen LogP contribution >= 0.6 is 11.3 Å². The van der Waals surface area contributed by atoms with Gasteiger partial charge in [0.1, 0.15) is 10.8 Å². The molecule has 166 valence electrons. The second-order valence-corrected chi connectivity index (χ2v) is 8.48. The SMILES string of the molecule is O=C(Nc1cnccc1N1CCNCC1)c1nnc(-c2ccc(N3CCOCC3)nc2)s1. The highest BCUT2D eigenvalue weighted by Crippen LogP contribution is 2.28. The number of hydrogen-bond donors (Lipinski definition) is 2. The lowest BCUT2D eigenvalue weighted by molar-refractivity contribution is 0.102. The maximum atomic E-state index is 12.9. The fraction of sp³-hybridized carbons (Fsp3) is 0.381. The van der Waals surface area contributed by atoms with Crippen LogP contribution < -0.4 is 20.4 Å². The van der Waals surface area contributed by atoms with E-state index in [1.807, 2.05) is 18.2 Å². The molecule has 0 spiro atoms. The summed E-state index contributed by atoms with van der Waals surface area (Å²) >= 11 is 1.24. The van der Waals surface area contributed by atoms with Gasteiger partial charge in [-0.2, -0.15) is 0 Å². The van der Waals surface area contributed by atoms with Crippen molar-refractivity contribution in [2.45, 2.75) is 0 Å². The Balaban J connectivity index is 1.28.